The van der Waals surface area contributed by atoms with Gasteiger partial charge in [0.25, 0.3) is 5.91 Å². The fraction of sp³-hybridized carbons (Fsp3) is 0.375. The molecule has 0 saturated heterocycles. The lowest BCUT2D eigenvalue weighted by atomic mass is 10.1. The van der Waals surface area contributed by atoms with Crippen molar-refractivity contribution in [1.29, 1.82) is 0 Å². The lowest BCUT2D eigenvalue weighted by Gasteiger charge is -2.24. The van der Waals surface area contributed by atoms with E-state index in [2.05, 4.69) is 5.32 Å². The largest absolute Gasteiger partial charge is 0.459 e. The summed E-state index contributed by atoms with van der Waals surface area (Å²) in [5, 5.41) is 6.78. The van der Waals surface area contributed by atoms with E-state index in [-0.39, 0.29) is 17.6 Å². The molecule has 0 radical (unpaired) electrons. The molecule has 2 amide bonds. The molecule has 2 rings (SSSR count). The van der Waals surface area contributed by atoms with Gasteiger partial charge in [0.15, 0.2) is 5.76 Å². The van der Waals surface area contributed by atoms with Crippen LogP contribution in [0.1, 0.15) is 22.5 Å². The predicted molar refractivity (Wildman–Crippen MR) is 93.8 cm³/mol. The van der Waals surface area contributed by atoms with Crippen molar-refractivity contribution in [2.24, 2.45) is 0 Å². The van der Waals surface area contributed by atoms with Gasteiger partial charge in [-0.3, -0.25) is 9.59 Å². The van der Waals surface area contributed by atoms with E-state index < -0.39 is 6.04 Å². The first-order valence-corrected chi connectivity index (χ1v) is 9.55. The molecule has 0 unspecified atom stereocenters. The van der Waals surface area contributed by atoms with Crippen molar-refractivity contribution < 1.29 is 14.0 Å². The molecule has 0 aromatic carbocycles. The number of nitrogens with zero attached hydrogens (tertiary/aromatic N) is 1. The first-order chi connectivity index (χ1) is 11.1. The maximum absolute atomic E-state index is 12.7. The summed E-state index contributed by atoms with van der Waals surface area (Å²) in [6.07, 6.45) is 4.00. The molecule has 0 aliphatic carbocycles. The van der Waals surface area contributed by atoms with E-state index in [0.717, 1.165) is 11.3 Å². The molecule has 0 bridgehead atoms. The molecular formula is C16H20N2O3S2. The number of carbonyl (C=O) groups is 2. The number of thioether (sulfide) groups is 1. The predicted octanol–water partition coefficient (Wildman–Crippen LogP) is 2.85. The van der Waals surface area contributed by atoms with Crippen LogP contribution in [0.2, 0.25) is 0 Å². The number of amides is 2. The third kappa shape index (κ3) is 5.14. The van der Waals surface area contributed by atoms with Crippen LogP contribution in [0.25, 0.3) is 0 Å². The molecule has 0 fully saturated rings. The maximum atomic E-state index is 12.7. The zero-order valence-corrected chi connectivity index (χ0v) is 14.8. The molecule has 2 aromatic rings. The number of carbonyl (C=O) groups excluding carboxylic acids is 2. The molecule has 7 heteroatoms. The molecule has 2 aromatic heterocycles. The summed E-state index contributed by atoms with van der Waals surface area (Å²) in [6.45, 7) is 0.536. The Bertz CT molecular complexity index is 611. The molecule has 2 heterocycles. The quantitative estimate of drug-likeness (QED) is 0.793. The maximum Gasteiger partial charge on any atom is 0.287 e. The number of thiophene rings is 1. The van der Waals surface area contributed by atoms with E-state index in [0.29, 0.717) is 13.0 Å². The van der Waals surface area contributed by atoms with Crippen LogP contribution in [0.5, 0.6) is 0 Å². The van der Waals surface area contributed by atoms with Crippen molar-refractivity contribution in [3.63, 3.8) is 0 Å². The summed E-state index contributed by atoms with van der Waals surface area (Å²) in [7, 11) is 1.76. The Morgan fingerprint density at radius 1 is 1.43 bits per heavy atom. The van der Waals surface area contributed by atoms with Gasteiger partial charge in [-0.2, -0.15) is 23.1 Å². The SMILES string of the molecule is CSCC[C@H](NC(=O)c1ccco1)C(=O)N(C)Cc1ccsc1. The van der Waals surface area contributed by atoms with Gasteiger partial charge in [-0.25, -0.2) is 0 Å². The number of nitrogens with one attached hydrogen (secondary N) is 1. The van der Waals surface area contributed by atoms with E-state index in [1.54, 1.807) is 47.2 Å². The molecule has 23 heavy (non-hydrogen) atoms. The van der Waals surface area contributed by atoms with Gasteiger partial charge in [0.05, 0.1) is 6.26 Å². The third-order valence-corrected chi connectivity index (χ3v) is 4.71. The van der Waals surface area contributed by atoms with Gasteiger partial charge in [0, 0.05) is 13.6 Å². The average molecular weight is 352 g/mol. The van der Waals surface area contributed by atoms with Gasteiger partial charge in [0.2, 0.25) is 5.91 Å². The minimum absolute atomic E-state index is 0.0924. The summed E-state index contributed by atoms with van der Waals surface area (Å²) in [5.41, 5.74) is 1.09. The van der Waals surface area contributed by atoms with Gasteiger partial charge in [-0.05, 0) is 53.0 Å². The number of hydrogen-bond acceptors (Lipinski definition) is 5. The molecular weight excluding hydrogens is 332 g/mol. The van der Waals surface area contributed by atoms with Crippen molar-refractivity contribution in [2.75, 3.05) is 19.1 Å². The monoisotopic (exact) mass is 352 g/mol. The van der Waals surface area contributed by atoms with Gasteiger partial charge < -0.3 is 14.6 Å². The topological polar surface area (TPSA) is 62.6 Å². The lowest BCUT2D eigenvalue weighted by Crippen LogP contribution is -2.47. The highest BCUT2D eigenvalue weighted by Crippen LogP contribution is 2.11. The van der Waals surface area contributed by atoms with E-state index in [4.69, 9.17) is 4.42 Å². The highest BCUT2D eigenvalue weighted by Gasteiger charge is 2.25. The smallest absolute Gasteiger partial charge is 0.287 e. The second-order valence-corrected chi connectivity index (χ2v) is 6.88. The van der Waals surface area contributed by atoms with Crippen LogP contribution in [0.3, 0.4) is 0 Å². The summed E-state index contributed by atoms with van der Waals surface area (Å²) >= 11 is 3.25. The molecule has 5 nitrogen and oxygen atoms in total. The average Bonchev–Trinajstić information content (AvgIpc) is 3.23. The van der Waals surface area contributed by atoms with Crippen LogP contribution in [0, 0.1) is 0 Å². The van der Waals surface area contributed by atoms with Crippen LogP contribution in [-0.4, -0.2) is 41.8 Å². The zero-order valence-electron chi connectivity index (χ0n) is 13.2. The second-order valence-electron chi connectivity index (χ2n) is 5.11. The van der Waals surface area contributed by atoms with Crippen molar-refractivity contribution in [1.82, 2.24) is 10.2 Å². The van der Waals surface area contributed by atoms with Crippen LogP contribution < -0.4 is 5.32 Å². The molecule has 1 N–H and O–H groups in total. The summed E-state index contributed by atoms with van der Waals surface area (Å²) < 4.78 is 5.09. The number of furan rings is 1. The van der Waals surface area contributed by atoms with E-state index >= 15 is 0 Å². The molecule has 0 saturated carbocycles. The molecule has 0 aliphatic heterocycles. The third-order valence-electron chi connectivity index (χ3n) is 3.34. The second kappa shape index (κ2) is 8.79. The summed E-state index contributed by atoms with van der Waals surface area (Å²) in [5.74, 6) is 0.553. The Morgan fingerprint density at radius 3 is 2.87 bits per heavy atom. The molecule has 1 atom stereocenters. The number of hydrogen-bond donors (Lipinski definition) is 1. The molecule has 124 valence electrons. The van der Waals surface area contributed by atoms with Crippen LogP contribution in [0.4, 0.5) is 0 Å². The Labute approximate surface area is 144 Å². The zero-order chi connectivity index (χ0) is 16.7. The fourth-order valence-electron chi connectivity index (χ4n) is 2.13. The van der Waals surface area contributed by atoms with Crippen LogP contribution in [-0.2, 0) is 11.3 Å². The Hall–Kier alpha value is -1.73. The van der Waals surface area contributed by atoms with Crippen molar-refractivity contribution >= 4 is 34.9 Å². The fourth-order valence-corrected chi connectivity index (χ4v) is 3.26. The molecule has 0 spiro atoms. The van der Waals surface area contributed by atoms with Crippen molar-refractivity contribution in [2.45, 2.75) is 19.0 Å². The van der Waals surface area contributed by atoms with Crippen LogP contribution in [0.15, 0.2) is 39.6 Å². The number of rotatable bonds is 8. The Balaban J connectivity index is 2.00. The standard InChI is InChI=1S/C16H20N2O3S2/c1-18(10-12-5-9-23-11-12)16(20)13(6-8-22-2)17-15(19)14-4-3-7-21-14/h3-5,7,9,11,13H,6,8,10H2,1-2H3,(H,17,19)/t13-/m0/s1. The van der Waals surface area contributed by atoms with Gasteiger partial charge >= 0.3 is 0 Å². The summed E-state index contributed by atoms with van der Waals surface area (Å²) in [6, 6.07) is 4.67. The van der Waals surface area contributed by atoms with Crippen molar-refractivity contribution in [3.05, 3.63) is 46.5 Å². The summed E-state index contributed by atoms with van der Waals surface area (Å²) in [4.78, 5) is 26.4. The Kier molecular flexibility index (Phi) is 6.73. The number of likely N-dealkylation sites (N-methyl/N-ethyl adjacent to an activating group) is 1. The highest BCUT2D eigenvalue weighted by atomic mass is 32.2. The van der Waals surface area contributed by atoms with E-state index in [1.807, 2.05) is 23.1 Å². The lowest BCUT2D eigenvalue weighted by molar-refractivity contribution is -0.132. The minimum atomic E-state index is -0.552. The first-order valence-electron chi connectivity index (χ1n) is 7.21. The first kappa shape index (κ1) is 17.6. The minimum Gasteiger partial charge on any atom is -0.459 e. The Morgan fingerprint density at radius 2 is 2.26 bits per heavy atom. The van der Waals surface area contributed by atoms with E-state index in [9.17, 15) is 9.59 Å². The van der Waals surface area contributed by atoms with Gasteiger partial charge in [-0.1, -0.05) is 0 Å². The van der Waals surface area contributed by atoms with E-state index in [1.165, 1.54) is 6.26 Å². The highest BCUT2D eigenvalue weighted by molar-refractivity contribution is 7.98. The van der Waals surface area contributed by atoms with Gasteiger partial charge in [0.1, 0.15) is 6.04 Å². The van der Waals surface area contributed by atoms with Gasteiger partial charge in [-0.15, -0.1) is 0 Å². The normalized spacial score (nSPS) is 11.9. The molecule has 0 aliphatic rings. The van der Waals surface area contributed by atoms with Crippen LogP contribution >= 0.6 is 23.1 Å². The van der Waals surface area contributed by atoms with Crippen molar-refractivity contribution in [3.8, 4) is 0 Å².